The standard InChI is InChI=1S/C29H33N3O2/c1-4-32-27-8-6-5-7-25(27)26-16-22(10-12-28(26)32)17-31-14-13-24(18-31)30-29(33)34-19-23-11-9-20(2)15-21(23)3/h5-12,15-16,24H,4,13-14,17-19H2,1-3H3,(H,30,33). The molecule has 1 fully saturated rings. The Morgan fingerprint density at radius 2 is 1.85 bits per heavy atom. The van der Waals surface area contributed by atoms with Gasteiger partial charge in [-0.05, 0) is 62.1 Å². The number of para-hydroxylation sites is 1. The monoisotopic (exact) mass is 455 g/mol. The van der Waals surface area contributed by atoms with Crippen LogP contribution in [0.15, 0.2) is 60.7 Å². The summed E-state index contributed by atoms with van der Waals surface area (Å²) in [5.41, 5.74) is 7.31. The fraction of sp³-hybridized carbons (Fsp3) is 0.345. The number of hydrogen-bond donors (Lipinski definition) is 1. The largest absolute Gasteiger partial charge is 0.445 e. The van der Waals surface area contributed by atoms with Gasteiger partial charge in [-0.1, -0.05) is 48.0 Å². The van der Waals surface area contributed by atoms with Gasteiger partial charge in [0.25, 0.3) is 0 Å². The Morgan fingerprint density at radius 3 is 2.68 bits per heavy atom. The van der Waals surface area contributed by atoms with Crippen LogP contribution in [0.4, 0.5) is 4.79 Å². The molecule has 1 amide bonds. The summed E-state index contributed by atoms with van der Waals surface area (Å²) in [5, 5.41) is 5.69. The number of carbonyl (C=O) groups excluding carboxylic acids is 1. The second-order valence-corrected chi connectivity index (χ2v) is 9.48. The van der Waals surface area contributed by atoms with Gasteiger partial charge in [-0.2, -0.15) is 0 Å². The molecule has 1 N–H and O–H groups in total. The molecule has 2 heterocycles. The molecular weight excluding hydrogens is 422 g/mol. The highest BCUT2D eigenvalue weighted by Gasteiger charge is 2.24. The second-order valence-electron chi connectivity index (χ2n) is 9.48. The maximum absolute atomic E-state index is 12.4. The van der Waals surface area contributed by atoms with Gasteiger partial charge in [0, 0.05) is 54.0 Å². The molecule has 1 unspecified atom stereocenters. The SMILES string of the molecule is CCn1c2ccccc2c2cc(CN3CCC(NC(=O)OCc4ccc(C)cc4C)C3)ccc21. The smallest absolute Gasteiger partial charge is 0.407 e. The normalized spacial score (nSPS) is 16.4. The average molecular weight is 456 g/mol. The summed E-state index contributed by atoms with van der Waals surface area (Å²) in [6.45, 7) is 10.3. The molecule has 1 aliphatic heterocycles. The molecule has 1 saturated heterocycles. The highest BCUT2D eigenvalue weighted by atomic mass is 16.5. The van der Waals surface area contributed by atoms with E-state index in [1.54, 1.807) is 0 Å². The number of hydrogen-bond acceptors (Lipinski definition) is 3. The van der Waals surface area contributed by atoms with E-state index in [1.807, 2.05) is 6.07 Å². The minimum absolute atomic E-state index is 0.123. The van der Waals surface area contributed by atoms with Crippen LogP contribution in [0.25, 0.3) is 21.8 Å². The number of nitrogens with one attached hydrogen (secondary N) is 1. The number of aromatic nitrogens is 1. The Kier molecular flexibility index (Phi) is 6.29. The zero-order valence-electron chi connectivity index (χ0n) is 20.3. The lowest BCUT2D eigenvalue weighted by Gasteiger charge is -2.17. The molecule has 0 aliphatic carbocycles. The van der Waals surface area contributed by atoms with Crippen LogP contribution in [-0.4, -0.2) is 34.7 Å². The number of ether oxygens (including phenoxy) is 1. The molecule has 0 bridgehead atoms. The molecule has 0 saturated carbocycles. The summed E-state index contributed by atoms with van der Waals surface area (Å²) in [5.74, 6) is 0. The summed E-state index contributed by atoms with van der Waals surface area (Å²) < 4.78 is 7.88. The van der Waals surface area contributed by atoms with Crippen molar-refractivity contribution < 1.29 is 9.53 Å². The van der Waals surface area contributed by atoms with Crippen molar-refractivity contribution in [3.8, 4) is 0 Å². The van der Waals surface area contributed by atoms with Crippen LogP contribution >= 0.6 is 0 Å². The van der Waals surface area contributed by atoms with Gasteiger partial charge in [0.15, 0.2) is 0 Å². The summed E-state index contributed by atoms with van der Waals surface area (Å²) >= 11 is 0. The van der Waals surface area contributed by atoms with Crippen molar-refractivity contribution in [2.45, 2.75) is 52.9 Å². The Bertz CT molecular complexity index is 1340. The third-order valence-corrected chi connectivity index (χ3v) is 7.01. The highest BCUT2D eigenvalue weighted by Crippen LogP contribution is 2.30. The van der Waals surface area contributed by atoms with Gasteiger partial charge < -0.3 is 14.6 Å². The lowest BCUT2D eigenvalue weighted by molar-refractivity contribution is 0.135. The third kappa shape index (κ3) is 4.53. The first-order valence-electron chi connectivity index (χ1n) is 12.2. The fourth-order valence-corrected chi connectivity index (χ4v) is 5.25. The maximum Gasteiger partial charge on any atom is 0.407 e. The van der Waals surface area contributed by atoms with E-state index in [0.717, 1.165) is 43.7 Å². The average Bonchev–Trinajstić information content (AvgIpc) is 3.39. The first-order chi connectivity index (χ1) is 16.5. The molecule has 5 nitrogen and oxygen atoms in total. The van der Waals surface area contributed by atoms with E-state index < -0.39 is 0 Å². The van der Waals surface area contributed by atoms with Crippen molar-refractivity contribution in [2.24, 2.45) is 0 Å². The zero-order chi connectivity index (χ0) is 23.7. The Labute approximate surface area is 201 Å². The number of benzene rings is 3. The molecule has 5 rings (SSSR count). The number of alkyl carbamates (subject to hydrolysis) is 1. The quantitative estimate of drug-likeness (QED) is 0.392. The first-order valence-corrected chi connectivity index (χ1v) is 12.2. The Balaban J connectivity index is 1.19. The molecule has 5 heteroatoms. The molecular formula is C29H33N3O2. The van der Waals surface area contributed by atoms with Crippen molar-refractivity contribution in [2.75, 3.05) is 13.1 Å². The molecule has 176 valence electrons. The number of likely N-dealkylation sites (tertiary alicyclic amines) is 1. The fourth-order valence-electron chi connectivity index (χ4n) is 5.25. The van der Waals surface area contributed by atoms with E-state index >= 15 is 0 Å². The van der Waals surface area contributed by atoms with Gasteiger partial charge in [-0.3, -0.25) is 4.90 Å². The van der Waals surface area contributed by atoms with Crippen molar-refractivity contribution in [1.29, 1.82) is 0 Å². The van der Waals surface area contributed by atoms with Crippen molar-refractivity contribution in [1.82, 2.24) is 14.8 Å². The van der Waals surface area contributed by atoms with Crippen LogP contribution in [0.5, 0.6) is 0 Å². The van der Waals surface area contributed by atoms with Crippen LogP contribution in [0, 0.1) is 13.8 Å². The first kappa shape index (κ1) is 22.5. The Hall–Kier alpha value is -3.31. The van der Waals surface area contributed by atoms with Crippen LogP contribution < -0.4 is 5.32 Å². The lowest BCUT2D eigenvalue weighted by Crippen LogP contribution is -2.37. The third-order valence-electron chi connectivity index (χ3n) is 7.01. The second kappa shape index (κ2) is 9.51. The van der Waals surface area contributed by atoms with Crippen molar-refractivity contribution in [3.05, 3.63) is 82.9 Å². The van der Waals surface area contributed by atoms with Crippen molar-refractivity contribution >= 4 is 27.9 Å². The van der Waals surface area contributed by atoms with Gasteiger partial charge in [0.1, 0.15) is 6.61 Å². The summed E-state index contributed by atoms with van der Waals surface area (Å²) in [6.07, 6.45) is 0.608. The van der Waals surface area contributed by atoms with E-state index in [4.69, 9.17) is 4.74 Å². The predicted octanol–water partition coefficient (Wildman–Crippen LogP) is 5.93. The molecule has 1 atom stereocenters. The molecule has 0 radical (unpaired) electrons. The molecule has 1 aliphatic rings. The number of nitrogens with zero attached hydrogens (tertiary/aromatic N) is 2. The van der Waals surface area contributed by atoms with Crippen LogP contribution in [-0.2, 0) is 24.4 Å². The predicted molar refractivity (Wildman–Crippen MR) is 138 cm³/mol. The van der Waals surface area contributed by atoms with Gasteiger partial charge in [-0.15, -0.1) is 0 Å². The topological polar surface area (TPSA) is 46.5 Å². The van der Waals surface area contributed by atoms with E-state index in [9.17, 15) is 4.79 Å². The van der Waals surface area contributed by atoms with Crippen LogP contribution in [0.3, 0.4) is 0 Å². The summed E-state index contributed by atoms with van der Waals surface area (Å²) in [7, 11) is 0. The summed E-state index contributed by atoms with van der Waals surface area (Å²) in [6, 6.07) is 21.8. The molecule has 34 heavy (non-hydrogen) atoms. The maximum atomic E-state index is 12.4. The number of aryl methyl sites for hydroxylation is 3. The van der Waals surface area contributed by atoms with Gasteiger partial charge in [0.05, 0.1) is 0 Å². The van der Waals surface area contributed by atoms with E-state index in [2.05, 4.69) is 90.2 Å². The molecule has 1 aromatic heterocycles. The van der Waals surface area contributed by atoms with Crippen molar-refractivity contribution in [3.63, 3.8) is 0 Å². The van der Waals surface area contributed by atoms with E-state index in [1.165, 1.54) is 32.9 Å². The minimum Gasteiger partial charge on any atom is -0.445 e. The van der Waals surface area contributed by atoms with Crippen LogP contribution in [0.2, 0.25) is 0 Å². The zero-order valence-corrected chi connectivity index (χ0v) is 20.3. The number of rotatable bonds is 6. The van der Waals surface area contributed by atoms with E-state index in [0.29, 0.717) is 6.61 Å². The van der Waals surface area contributed by atoms with Gasteiger partial charge >= 0.3 is 6.09 Å². The molecule has 3 aromatic carbocycles. The minimum atomic E-state index is -0.333. The number of carbonyl (C=O) groups is 1. The number of amides is 1. The van der Waals surface area contributed by atoms with Gasteiger partial charge in [0.2, 0.25) is 0 Å². The highest BCUT2D eigenvalue weighted by molar-refractivity contribution is 6.08. The van der Waals surface area contributed by atoms with Gasteiger partial charge in [-0.25, -0.2) is 4.79 Å². The Morgan fingerprint density at radius 1 is 1.03 bits per heavy atom. The summed E-state index contributed by atoms with van der Waals surface area (Å²) in [4.78, 5) is 14.8. The molecule has 0 spiro atoms. The lowest BCUT2D eigenvalue weighted by atomic mass is 10.1. The van der Waals surface area contributed by atoms with E-state index in [-0.39, 0.29) is 12.1 Å². The van der Waals surface area contributed by atoms with Crippen LogP contribution in [0.1, 0.15) is 35.6 Å². The molecule has 4 aromatic rings. The number of fused-ring (bicyclic) bond motifs is 3.